The van der Waals surface area contributed by atoms with Gasteiger partial charge in [-0.05, 0) is 32.3 Å². The summed E-state index contributed by atoms with van der Waals surface area (Å²) in [5, 5.41) is 4.13. The number of aromatic nitrogens is 1. The smallest absolute Gasteiger partial charge is 0.213 e. The number of methoxy groups -OCH3 is 1. The minimum absolute atomic E-state index is 0.178. The summed E-state index contributed by atoms with van der Waals surface area (Å²) in [5.74, 6) is 0.619. The number of rotatable bonds is 8. The van der Waals surface area contributed by atoms with E-state index < -0.39 is 0 Å². The number of nitrogens with one attached hydrogen (secondary N) is 1. The number of nitrogens with zero attached hydrogens (tertiary/aromatic N) is 1. The minimum Gasteiger partial charge on any atom is -0.478 e. The maximum absolute atomic E-state index is 6.15. The third-order valence-corrected chi connectivity index (χ3v) is 3.92. The van der Waals surface area contributed by atoms with Crippen molar-refractivity contribution in [2.75, 3.05) is 13.7 Å². The lowest BCUT2D eigenvalue weighted by atomic mass is 10.1. The van der Waals surface area contributed by atoms with Crippen LogP contribution in [0.3, 0.4) is 0 Å². The topological polar surface area (TPSA) is 43.4 Å². The molecule has 1 saturated carbocycles. The standard InChI is InChI=1S/C15H23ClN2O2/c1-15(2,19-3)6-7-20-14-8-11(13(16)10-18-14)9-17-12-4-5-12/h8,10,12,17H,4-7,9H2,1-3H3. The molecule has 0 amide bonds. The lowest BCUT2D eigenvalue weighted by Crippen LogP contribution is -2.25. The zero-order chi connectivity index (χ0) is 14.6. The van der Waals surface area contributed by atoms with Crippen molar-refractivity contribution >= 4 is 11.6 Å². The molecule has 1 heterocycles. The van der Waals surface area contributed by atoms with E-state index >= 15 is 0 Å². The summed E-state index contributed by atoms with van der Waals surface area (Å²) in [4.78, 5) is 4.20. The van der Waals surface area contributed by atoms with Gasteiger partial charge < -0.3 is 14.8 Å². The second kappa shape index (κ2) is 6.74. The number of halogens is 1. The van der Waals surface area contributed by atoms with Crippen molar-refractivity contribution in [3.63, 3.8) is 0 Å². The first-order valence-corrected chi connectivity index (χ1v) is 7.44. The molecular weight excluding hydrogens is 276 g/mol. The Labute approximate surface area is 125 Å². The lowest BCUT2D eigenvalue weighted by molar-refractivity contribution is 0.00508. The van der Waals surface area contributed by atoms with Gasteiger partial charge in [0, 0.05) is 38.4 Å². The third-order valence-electron chi connectivity index (χ3n) is 3.57. The molecule has 1 aromatic rings. The average Bonchev–Trinajstić information content (AvgIpc) is 3.23. The van der Waals surface area contributed by atoms with Crippen LogP contribution in [0.5, 0.6) is 5.88 Å². The fraction of sp³-hybridized carbons (Fsp3) is 0.667. The molecule has 1 aliphatic rings. The Hall–Kier alpha value is -0.840. The summed E-state index contributed by atoms with van der Waals surface area (Å²) in [7, 11) is 1.71. The van der Waals surface area contributed by atoms with Gasteiger partial charge in [-0.3, -0.25) is 0 Å². The van der Waals surface area contributed by atoms with Gasteiger partial charge in [0.25, 0.3) is 0 Å². The molecule has 0 bridgehead atoms. The van der Waals surface area contributed by atoms with Gasteiger partial charge in [-0.1, -0.05) is 11.6 Å². The molecule has 0 aliphatic heterocycles. The summed E-state index contributed by atoms with van der Waals surface area (Å²) in [6.07, 6.45) is 4.99. The van der Waals surface area contributed by atoms with Gasteiger partial charge in [-0.25, -0.2) is 4.98 Å². The van der Waals surface area contributed by atoms with Crippen molar-refractivity contribution in [2.24, 2.45) is 0 Å². The van der Waals surface area contributed by atoms with Crippen molar-refractivity contribution in [3.05, 3.63) is 22.8 Å². The van der Waals surface area contributed by atoms with Crippen LogP contribution in [0.2, 0.25) is 5.02 Å². The van der Waals surface area contributed by atoms with E-state index in [4.69, 9.17) is 21.1 Å². The SMILES string of the molecule is COC(C)(C)CCOc1cc(CNC2CC2)c(Cl)cn1. The Morgan fingerprint density at radius 3 is 2.85 bits per heavy atom. The molecule has 2 rings (SSSR count). The zero-order valence-corrected chi connectivity index (χ0v) is 13.2. The number of pyridine rings is 1. The molecule has 0 saturated heterocycles. The summed E-state index contributed by atoms with van der Waals surface area (Å²) in [6.45, 7) is 5.42. The van der Waals surface area contributed by atoms with Gasteiger partial charge in [-0.2, -0.15) is 0 Å². The van der Waals surface area contributed by atoms with Gasteiger partial charge >= 0.3 is 0 Å². The predicted molar refractivity (Wildman–Crippen MR) is 80.3 cm³/mol. The lowest BCUT2D eigenvalue weighted by Gasteiger charge is -2.22. The van der Waals surface area contributed by atoms with Crippen molar-refractivity contribution < 1.29 is 9.47 Å². The molecule has 1 fully saturated rings. The van der Waals surface area contributed by atoms with Crippen LogP contribution in [0.4, 0.5) is 0 Å². The number of ether oxygens (including phenoxy) is 2. The summed E-state index contributed by atoms with van der Waals surface area (Å²) in [5.41, 5.74) is 0.859. The molecule has 20 heavy (non-hydrogen) atoms. The molecule has 0 radical (unpaired) electrons. The second-order valence-corrected chi connectivity index (χ2v) is 6.24. The first-order chi connectivity index (χ1) is 9.50. The first kappa shape index (κ1) is 15.5. The fourth-order valence-corrected chi connectivity index (χ4v) is 1.89. The number of hydrogen-bond donors (Lipinski definition) is 1. The summed E-state index contributed by atoms with van der Waals surface area (Å²) < 4.78 is 11.0. The van der Waals surface area contributed by atoms with E-state index in [1.807, 2.05) is 19.9 Å². The van der Waals surface area contributed by atoms with Crippen LogP contribution in [0.1, 0.15) is 38.7 Å². The van der Waals surface area contributed by atoms with Crippen molar-refractivity contribution in [1.29, 1.82) is 0 Å². The molecule has 0 atom stereocenters. The molecule has 0 spiro atoms. The second-order valence-electron chi connectivity index (χ2n) is 5.83. The van der Waals surface area contributed by atoms with E-state index in [2.05, 4.69) is 10.3 Å². The Bertz CT molecular complexity index is 447. The molecule has 0 unspecified atom stereocenters. The summed E-state index contributed by atoms with van der Waals surface area (Å²) in [6, 6.07) is 2.57. The molecule has 1 aromatic heterocycles. The molecule has 1 N–H and O–H groups in total. The predicted octanol–water partition coefficient (Wildman–Crippen LogP) is 3.18. The van der Waals surface area contributed by atoms with Crippen LogP contribution in [-0.2, 0) is 11.3 Å². The molecular formula is C15H23ClN2O2. The van der Waals surface area contributed by atoms with Crippen LogP contribution >= 0.6 is 11.6 Å². The zero-order valence-electron chi connectivity index (χ0n) is 12.4. The van der Waals surface area contributed by atoms with Gasteiger partial charge in [0.05, 0.1) is 17.2 Å². The highest BCUT2D eigenvalue weighted by atomic mass is 35.5. The Kier molecular flexibility index (Phi) is 5.24. The third kappa shape index (κ3) is 4.93. The van der Waals surface area contributed by atoms with Crippen molar-refractivity contribution in [3.8, 4) is 5.88 Å². The first-order valence-electron chi connectivity index (χ1n) is 7.06. The Balaban J connectivity index is 1.86. The van der Waals surface area contributed by atoms with Crippen LogP contribution in [-0.4, -0.2) is 30.3 Å². The minimum atomic E-state index is -0.178. The van der Waals surface area contributed by atoms with Gasteiger partial charge in [0.15, 0.2) is 0 Å². The van der Waals surface area contributed by atoms with Gasteiger partial charge in [0.1, 0.15) is 0 Å². The van der Waals surface area contributed by atoms with E-state index in [-0.39, 0.29) is 5.60 Å². The molecule has 1 aliphatic carbocycles. The molecule has 0 aromatic carbocycles. The monoisotopic (exact) mass is 298 g/mol. The largest absolute Gasteiger partial charge is 0.478 e. The Morgan fingerprint density at radius 2 is 2.20 bits per heavy atom. The van der Waals surface area contributed by atoms with Crippen LogP contribution in [0.15, 0.2) is 12.3 Å². The average molecular weight is 299 g/mol. The quantitative estimate of drug-likeness (QED) is 0.800. The normalized spacial score (nSPS) is 15.4. The molecule has 112 valence electrons. The summed E-state index contributed by atoms with van der Waals surface area (Å²) >= 11 is 6.15. The highest BCUT2D eigenvalue weighted by Crippen LogP contribution is 2.23. The van der Waals surface area contributed by atoms with Crippen molar-refractivity contribution in [2.45, 2.75) is 51.3 Å². The number of hydrogen-bond acceptors (Lipinski definition) is 4. The van der Waals surface area contributed by atoms with Gasteiger partial charge in [0.2, 0.25) is 5.88 Å². The van der Waals surface area contributed by atoms with E-state index in [1.54, 1.807) is 13.3 Å². The van der Waals surface area contributed by atoms with Gasteiger partial charge in [-0.15, -0.1) is 0 Å². The molecule has 4 nitrogen and oxygen atoms in total. The van der Waals surface area contributed by atoms with E-state index in [0.717, 1.165) is 18.5 Å². The maximum Gasteiger partial charge on any atom is 0.213 e. The van der Waals surface area contributed by atoms with Crippen LogP contribution in [0.25, 0.3) is 0 Å². The van der Waals surface area contributed by atoms with E-state index in [0.29, 0.717) is 23.6 Å². The fourth-order valence-electron chi connectivity index (χ4n) is 1.72. The van der Waals surface area contributed by atoms with E-state index in [1.165, 1.54) is 12.8 Å². The van der Waals surface area contributed by atoms with Crippen LogP contribution in [0, 0.1) is 0 Å². The maximum atomic E-state index is 6.15. The van der Waals surface area contributed by atoms with Crippen molar-refractivity contribution in [1.82, 2.24) is 10.3 Å². The highest BCUT2D eigenvalue weighted by Gasteiger charge is 2.20. The highest BCUT2D eigenvalue weighted by molar-refractivity contribution is 6.31. The van der Waals surface area contributed by atoms with Crippen LogP contribution < -0.4 is 10.1 Å². The van der Waals surface area contributed by atoms with E-state index in [9.17, 15) is 0 Å². The Morgan fingerprint density at radius 1 is 1.45 bits per heavy atom. The molecule has 5 heteroatoms.